The number of rotatable bonds is 9. The van der Waals surface area contributed by atoms with E-state index in [1.54, 1.807) is 36.4 Å². The minimum absolute atomic E-state index is 0.0265. The van der Waals surface area contributed by atoms with Gasteiger partial charge in [-0.15, -0.1) is 0 Å². The summed E-state index contributed by atoms with van der Waals surface area (Å²) in [6, 6.07) is 15.5. The van der Waals surface area contributed by atoms with Gasteiger partial charge < -0.3 is 5.11 Å². The van der Waals surface area contributed by atoms with Crippen LogP contribution >= 0.6 is 0 Å². The number of nitrogens with zero attached hydrogens (tertiary/aromatic N) is 1. The molecule has 0 unspecified atom stereocenters. The molecule has 0 atom stereocenters. The van der Waals surface area contributed by atoms with E-state index in [0.717, 1.165) is 18.4 Å². The van der Waals surface area contributed by atoms with Gasteiger partial charge in [-0.3, -0.25) is 9.10 Å². The average Bonchev–Trinajstić information content (AvgIpc) is 2.61. The molecule has 2 aromatic carbocycles. The summed E-state index contributed by atoms with van der Waals surface area (Å²) < 4.78 is 27.5. The van der Waals surface area contributed by atoms with E-state index in [4.69, 9.17) is 5.11 Å². The van der Waals surface area contributed by atoms with E-state index >= 15 is 0 Å². The van der Waals surface area contributed by atoms with Crippen molar-refractivity contribution in [3.8, 4) is 0 Å². The Bertz CT molecular complexity index is 786. The molecule has 134 valence electrons. The number of para-hydroxylation sites is 1. The molecule has 0 spiro atoms. The number of hydrogen-bond acceptors (Lipinski definition) is 3. The smallest absolute Gasteiger partial charge is 0.303 e. The zero-order valence-electron chi connectivity index (χ0n) is 14.3. The van der Waals surface area contributed by atoms with Gasteiger partial charge in [0.2, 0.25) is 0 Å². The Morgan fingerprint density at radius 1 is 1.04 bits per heavy atom. The lowest BCUT2D eigenvalue weighted by Crippen LogP contribution is -2.32. The zero-order chi connectivity index (χ0) is 18.3. The molecule has 0 radical (unpaired) electrons. The van der Waals surface area contributed by atoms with E-state index in [0.29, 0.717) is 18.7 Å². The maximum Gasteiger partial charge on any atom is 0.303 e. The predicted octanol–water partition coefficient (Wildman–Crippen LogP) is 3.70. The highest BCUT2D eigenvalue weighted by atomic mass is 32.2. The van der Waals surface area contributed by atoms with Gasteiger partial charge in [-0.2, -0.15) is 0 Å². The van der Waals surface area contributed by atoms with Crippen molar-refractivity contribution >= 4 is 21.7 Å². The summed E-state index contributed by atoms with van der Waals surface area (Å²) >= 11 is 0. The summed E-state index contributed by atoms with van der Waals surface area (Å²) in [6.45, 7) is 2.44. The second kappa shape index (κ2) is 8.67. The molecule has 6 heteroatoms. The Morgan fingerprint density at radius 3 is 2.24 bits per heavy atom. The first kappa shape index (κ1) is 19.0. The zero-order valence-corrected chi connectivity index (χ0v) is 15.1. The van der Waals surface area contributed by atoms with Gasteiger partial charge in [-0.1, -0.05) is 43.7 Å². The van der Waals surface area contributed by atoms with Crippen molar-refractivity contribution in [2.24, 2.45) is 0 Å². The first-order valence-corrected chi connectivity index (χ1v) is 9.77. The molecule has 1 N–H and O–H groups in total. The number of unbranched alkanes of at least 4 members (excludes halogenated alkanes) is 1. The van der Waals surface area contributed by atoms with Crippen LogP contribution in [0, 0.1) is 0 Å². The van der Waals surface area contributed by atoms with Gasteiger partial charge in [0.1, 0.15) is 0 Å². The number of aliphatic carboxylic acids is 1. The molecule has 0 fully saturated rings. The fraction of sp³-hybridized carbons (Fsp3) is 0.316. The maximum absolute atomic E-state index is 13.0. The highest BCUT2D eigenvalue weighted by molar-refractivity contribution is 7.92. The van der Waals surface area contributed by atoms with E-state index < -0.39 is 16.0 Å². The molecule has 0 aromatic heterocycles. The lowest BCUT2D eigenvalue weighted by Gasteiger charge is -2.24. The molecule has 0 saturated heterocycles. The fourth-order valence-corrected chi connectivity index (χ4v) is 3.99. The normalized spacial score (nSPS) is 11.2. The Kier molecular flexibility index (Phi) is 6.58. The van der Waals surface area contributed by atoms with Crippen LogP contribution in [-0.2, 0) is 21.2 Å². The van der Waals surface area contributed by atoms with Crippen LogP contribution in [0.4, 0.5) is 5.69 Å². The van der Waals surface area contributed by atoms with Gasteiger partial charge in [0.05, 0.1) is 10.6 Å². The fourth-order valence-electron chi connectivity index (χ4n) is 2.49. The summed E-state index contributed by atoms with van der Waals surface area (Å²) in [5.74, 6) is -0.869. The minimum Gasteiger partial charge on any atom is -0.481 e. The molecule has 0 aliphatic carbocycles. The second-order valence-corrected chi connectivity index (χ2v) is 7.67. The van der Waals surface area contributed by atoms with E-state index in [1.165, 1.54) is 4.31 Å². The van der Waals surface area contributed by atoms with Crippen LogP contribution < -0.4 is 4.31 Å². The summed E-state index contributed by atoms with van der Waals surface area (Å²) in [7, 11) is -3.66. The maximum atomic E-state index is 13.0. The number of carboxylic acid groups (broad SMARTS) is 1. The van der Waals surface area contributed by atoms with Crippen LogP contribution in [0.5, 0.6) is 0 Å². The number of aryl methyl sites for hydroxylation is 1. The number of benzene rings is 2. The number of carbonyl (C=O) groups is 1. The van der Waals surface area contributed by atoms with Crippen molar-refractivity contribution in [3.05, 3.63) is 60.2 Å². The van der Waals surface area contributed by atoms with E-state index in [9.17, 15) is 13.2 Å². The Hall–Kier alpha value is -2.34. The third kappa shape index (κ3) is 5.06. The van der Waals surface area contributed by atoms with Crippen molar-refractivity contribution in [1.82, 2.24) is 0 Å². The van der Waals surface area contributed by atoms with Crippen molar-refractivity contribution in [3.63, 3.8) is 0 Å². The molecule has 0 heterocycles. The lowest BCUT2D eigenvalue weighted by atomic mass is 10.1. The van der Waals surface area contributed by atoms with Crippen molar-refractivity contribution in [2.75, 3.05) is 10.8 Å². The van der Waals surface area contributed by atoms with Crippen molar-refractivity contribution in [1.29, 1.82) is 0 Å². The van der Waals surface area contributed by atoms with Crippen LogP contribution in [0.1, 0.15) is 31.7 Å². The molecule has 0 bridgehead atoms. The minimum atomic E-state index is -3.66. The number of anilines is 1. The van der Waals surface area contributed by atoms with Crippen LogP contribution in [0.25, 0.3) is 0 Å². The Labute approximate surface area is 149 Å². The molecular weight excluding hydrogens is 338 g/mol. The van der Waals surface area contributed by atoms with E-state index in [2.05, 4.69) is 0 Å². The largest absolute Gasteiger partial charge is 0.481 e. The molecule has 0 saturated carbocycles. The molecule has 5 nitrogen and oxygen atoms in total. The van der Waals surface area contributed by atoms with Crippen molar-refractivity contribution < 1.29 is 18.3 Å². The highest BCUT2D eigenvalue weighted by Crippen LogP contribution is 2.24. The second-order valence-electron chi connectivity index (χ2n) is 5.80. The van der Waals surface area contributed by atoms with Crippen LogP contribution in [-0.4, -0.2) is 26.0 Å². The molecule has 2 aromatic rings. The predicted molar refractivity (Wildman–Crippen MR) is 98.3 cm³/mol. The summed E-state index contributed by atoms with van der Waals surface area (Å²) in [5.41, 5.74) is 1.45. The van der Waals surface area contributed by atoms with Gasteiger partial charge >= 0.3 is 5.97 Å². The van der Waals surface area contributed by atoms with Crippen LogP contribution in [0.2, 0.25) is 0 Å². The monoisotopic (exact) mass is 361 g/mol. The number of hydrogen-bond donors (Lipinski definition) is 1. The first-order chi connectivity index (χ1) is 11.9. The van der Waals surface area contributed by atoms with Crippen molar-refractivity contribution in [2.45, 2.75) is 37.5 Å². The molecule has 0 amide bonds. The summed E-state index contributed by atoms with van der Waals surface area (Å²) in [4.78, 5) is 10.9. The Morgan fingerprint density at radius 2 is 1.68 bits per heavy atom. The van der Waals surface area contributed by atoms with E-state index in [1.807, 2.05) is 25.1 Å². The Balaban J connectivity index is 2.28. The van der Waals surface area contributed by atoms with Gasteiger partial charge in [-0.05, 0) is 42.7 Å². The van der Waals surface area contributed by atoms with Crippen LogP contribution in [0.3, 0.4) is 0 Å². The molecule has 0 aliphatic heterocycles. The molecule has 2 rings (SSSR count). The standard InChI is InChI=1S/C19H23NO4S/c1-2-3-15-20(17-7-5-4-6-8-17)25(23,24)18-12-9-16(10-13-18)11-14-19(21)22/h4-10,12-13H,2-3,11,14-15H2,1H3,(H,21,22). The topological polar surface area (TPSA) is 74.7 Å². The van der Waals surface area contributed by atoms with Gasteiger partial charge in [0, 0.05) is 13.0 Å². The van der Waals surface area contributed by atoms with Gasteiger partial charge in [-0.25, -0.2) is 8.42 Å². The number of carboxylic acids is 1. The SMILES string of the molecule is CCCCN(c1ccccc1)S(=O)(=O)c1ccc(CCC(=O)O)cc1. The van der Waals surface area contributed by atoms with Crippen LogP contribution in [0.15, 0.2) is 59.5 Å². The molecule has 25 heavy (non-hydrogen) atoms. The third-order valence-electron chi connectivity index (χ3n) is 3.90. The first-order valence-electron chi connectivity index (χ1n) is 8.33. The van der Waals surface area contributed by atoms with E-state index in [-0.39, 0.29) is 11.3 Å². The average molecular weight is 361 g/mol. The van der Waals surface area contributed by atoms with Gasteiger partial charge in [0.25, 0.3) is 10.0 Å². The number of sulfonamides is 1. The highest BCUT2D eigenvalue weighted by Gasteiger charge is 2.24. The molecule has 0 aliphatic rings. The lowest BCUT2D eigenvalue weighted by molar-refractivity contribution is -0.136. The third-order valence-corrected chi connectivity index (χ3v) is 5.74. The quantitative estimate of drug-likeness (QED) is 0.739. The molecular formula is C19H23NO4S. The summed E-state index contributed by atoms with van der Waals surface area (Å²) in [5, 5.41) is 8.74. The van der Waals surface area contributed by atoms with Gasteiger partial charge in [0.15, 0.2) is 0 Å². The summed E-state index contributed by atoms with van der Waals surface area (Å²) in [6.07, 6.45) is 2.07.